The molecule has 1 heterocycles. The molecule has 0 saturated heterocycles. The molecule has 4 nitrogen and oxygen atoms in total. The molecule has 1 aromatic carbocycles. The molecule has 2 rings (SSSR count). The van der Waals surface area contributed by atoms with Gasteiger partial charge in [0.05, 0.1) is 5.69 Å². The van der Waals surface area contributed by atoms with E-state index >= 15 is 0 Å². The topological polar surface area (TPSA) is 41.6 Å². The van der Waals surface area contributed by atoms with Crippen molar-refractivity contribution in [1.29, 1.82) is 0 Å². The number of rotatable bonds is 2. The van der Waals surface area contributed by atoms with Crippen molar-refractivity contribution in [2.75, 3.05) is 26.0 Å². The Morgan fingerprint density at radius 3 is 3.00 bits per heavy atom. The van der Waals surface area contributed by atoms with Gasteiger partial charge in [-0.05, 0) is 31.8 Å². The van der Waals surface area contributed by atoms with Crippen LogP contribution in [0.3, 0.4) is 0 Å². The summed E-state index contributed by atoms with van der Waals surface area (Å²) in [6, 6.07) is 5.86. The number of hydrogen-bond acceptors (Lipinski definition) is 3. The Balaban J connectivity index is 2.24. The van der Waals surface area contributed by atoms with Gasteiger partial charge in [0, 0.05) is 6.54 Å². The fourth-order valence-corrected chi connectivity index (χ4v) is 1.59. The average molecular weight is 206 g/mol. The maximum Gasteiger partial charge on any atom is 0.262 e. The molecule has 15 heavy (non-hydrogen) atoms. The normalized spacial score (nSPS) is 14.5. The molecule has 1 aliphatic rings. The number of anilines is 1. The highest BCUT2D eigenvalue weighted by atomic mass is 16.5. The summed E-state index contributed by atoms with van der Waals surface area (Å²) in [5.41, 5.74) is 1.93. The van der Waals surface area contributed by atoms with E-state index in [4.69, 9.17) is 4.74 Å². The first-order valence-corrected chi connectivity index (χ1v) is 4.85. The number of hydrogen-bond donors (Lipinski definition) is 1. The Bertz CT molecular complexity index is 388. The van der Waals surface area contributed by atoms with Crippen molar-refractivity contribution in [3.05, 3.63) is 23.8 Å². The van der Waals surface area contributed by atoms with E-state index in [1.807, 2.05) is 32.3 Å². The van der Waals surface area contributed by atoms with Crippen LogP contribution >= 0.6 is 0 Å². The number of carbonyl (C=O) groups is 1. The zero-order chi connectivity index (χ0) is 10.8. The molecule has 0 aromatic heterocycles. The van der Waals surface area contributed by atoms with Gasteiger partial charge in [0.1, 0.15) is 5.75 Å². The molecule has 0 radical (unpaired) electrons. The highest BCUT2D eigenvalue weighted by Gasteiger charge is 2.15. The van der Waals surface area contributed by atoms with Crippen LogP contribution in [0.5, 0.6) is 5.75 Å². The smallest absolute Gasteiger partial charge is 0.262 e. The Kier molecular flexibility index (Phi) is 2.60. The van der Waals surface area contributed by atoms with E-state index in [-0.39, 0.29) is 12.5 Å². The summed E-state index contributed by atoms with van der Waals surface area (Å²) in [6.07, 6.45) is 0. The molecule has 80 valence electrons. The minimum Gasteiger partial charge on any atom is -0.482 e. The number of nitrogens with one attached hydrogen (secondary N) is 1. The summed E-state index contributed by atoms with van der Waals surface area (Å²) < 4.78 is 5.27. The lowest BCUT2D eigenvalue weighted by Gasteiger charge is -2.19. The first-order chi connectivity index (χ1) is 7.15. The maximum atomic E-state index is 11.1. The maximum absolute atomic E-state index is 11.1. The molecule has 0 unspecified atom stereocenters. The first-order valence-electron chi connectivity index (χ1n) is 4.85. The predicted molar refractivity (Wildman–Crippen MR) is 58.0 cm³/mol. The van der Waals surface area contributed by atoms with Crippen LogP contribution in [0.1, 0.15) is 5.56 Å². The number of nitrogens with zero attached hydrogens (tertiary/aromatic N) is 1. The molecule has 1 amide bonds. The second-order valence-electron chi connectivity index (χ2n) is 3.91. The number of ether oxygens (including phenoxy) is 1. The molecule has 4 heteroatoms. The number of amides is 1. The van der Waals surface area contributed by atoms with Crippen LogP contribution in [-0.4, -0.2) is 31.5 Å². The molecular formula is C11H14N2O2. The monoisotopic (exact) mass is 206 g/mol. The van der Waals surface area contributed by atoms with E-state index in [9.17, 15) is 4.79 Å². The van der Waals surface area contributed by atoms with Crippen molar-refractivity contribution < 1.29 is 9.53 Å². The Labute approximate surface area is 88.8 Å². The molecule has 1 aliphatic heterocycles. The highest BCUT2D eigenvalue weighted by Crippen LogP contribution is 2.28. The summed E-state index contributed by atoms with van der Waals surface area (Å²) in [5.74, 6) is 0.654. The van der Waals surface area contributed by atoms with Gasteiger partial charge in [-0.3, -0.25) is 4.79 Å². The molecule has 0 atom stereocenters. The molecule has 0 spiro atoms. The zero-order valence-corrected chi connectivity index (χ0v) is 8.91. The van der Waals surface area contributed by atoms with Crippen LogP contribution < -0.4 is 10.1 Å². The van der Waals surface area contributed by atoms with Crippen molar-refractivity contribution in [2.24, 2.45) is 0 Å². The average Bonchev–Trinajstić information content (AvgIpc) is 2.16. The van der Waals surface area contributed by atoms with E-state index in [0.717, 1.165) is 23.5 Å². The van der Waals surface area contributed by atoms with Crippen molar-refractivity contribution in [2.45, 2.75) is 6.54 Å². The van der Waals surface area contributed by atoms with Gasteiger partial charge in [-0.1, -0.05) is 6.07 Å². The molecular weight excluding hydrogens is 192 g/mol. The second kappa shape index (κ2) is 3.90. The molecule has 1 aromatic rings. The number of benzene rings is 1. The third kappa shape index (κ3) is 2.27. The lowest BCUT2D eigenvalue weighted by molar-refractivity contribution is -0.118. The lowest BCUT2D eigenvalue weighted by atomic mass is 10.1. The zero-order valence-electron chi connectivity index (χ0n) is 8.91. The fraction of sp³-hybridized carbons (Fsp3) is 0.364. The van der Waals surface area contributed by atoms with Gasteiger partial charge in [0.25, 0.3) is 5.91 Å². The molecule has 1 N–H and O–H groups in total. The van der Waals surface area contributed by atoms with Gasteiger partial charge in [0.15, 0.2) is 6.61 Å². The molecule has 0 aliphatic carbocycles. The van der Waals surface area contributed by atoms with Gasteiger partial charge >= 0.3 is 0 Å². The quantitative estimate of drug-likeness (QED) is 0.787. The summed E-state index contributed by atoms with van der Waals surface area (Å²) >= 11 is 0. The predicted octanol–water partition coefficient (Wildman–Crippen LogP) is 1.08. The minimum atomic E-state index is -0.0931. The largest absolute Gasteiger partial charge is 0.482 e. The second-order valence-corrected chi connectivity index (χ2v) is 3.91. The van der Waals surface area contributed by atoms with Crippen LogP contribution in [0.25, 0.3) is 0 Å². The minimum absolute atomic E-state index is 0.0931. The van der Waals surface area contributed by atoms with Crippen LogP contribution in [0, 0.1) is 0 Å². The Hall–Kier alpha value is -1.55. The third-order valence-corrected chi connectivity index (χ3v) is 2.18. The van der Waals surface area contributed by atoms with Gasteiger partial charge < -0.3 is 15.0 Å². The van der Waals surface area contributed by atoms with Crippen molar-refractivity contribution in [3.8, 4) is 5.75 Å². The van der Waals surface area contributed by atoms with Crippen molar-refractivity contribution in [1.82, 2.24) is 4.90 Å². The van der Waals surface area contributed by atoms with E-state index in [1.165, 1.54) is 0 Å². The Morgan fingerprint density at radius 2 is 2.27 bits per heavy atom. The summed E-state index contributed by atoms with van der Waals surface area (Å²) in [6.45, 7) is 0.961. The number of carbonyl (C=O) groups excluding carboxylic acids is 1. The van der Waals surface area contributed by atoms with E-state index in [1.54, 1.807) is 0 Å². The first kappa shape index (κ1) is 9.98. The van der Waals surface area contributed by atoms with E-state index in [0.29, 0.717) is 0 Å². The van der Waals surface area contributed by atoms with Crippen LogP contribution in [0.4, 0.5) is 5.69 Å². The molecule has 0 bridgehead atoms. The van der Waals surface area contributed by atoms with Crippen LogP contribution in [0.15, 0.2) is 18.2 Å². The van der Waals surface area contributed by atoms with Crippen LogP contribution in [-0.2, 0) is 11.3 Å². The standard InChI is InChI=1S/C11H14N2O2/c1-13(2)6-8-3-4-10-9(5-8)12-11(14)7-15-10/h3-5H,6-7H2,1-2H3,(H,12,14). The summed E-state index contributed by atoms with van der Waals surface area (Å²) in [7, 11) is 4.02. The van der Waals surface area contributed by atoms with E-state index < -0.39 is 0 Å². The fourth-order valence-electron chi connectivity index (χ4n) is 1.59. The highest BCUT2D eigenvalue weighted by molar-refractivity contribution is 5.95. The van der Waals surface area contributed by atoms with Gasteiger partial charge in [0.2, 0.25) is 0 Å². The summed E-state index contributed by atoms with van der Waals surface area (Å²) in [4.78, 5) is 13.2. The van der Waals surface area contributed by atoms with Gasteiger partial charge in [-0.2, -0.15) is 0 Å². The Morgan fingerprint density at radius 1 is 1.47 bits per heavy atom. The van der Waals surface area contributed by atoms with Gasteiger partial charge in [-0.15, -0.1) is 0 Å². The summed E-state index contributed by atoms with van der Waals surface area (Å²) in [5, 5.41) is 2.79. The van der Waals surface area contributed by atoms with Gasteiger partial charge in [-0.25, -0.2) is 0 Å². The van der Waals surface area contributed by atoms with E-state index in [2.05, 4.69) is 10.2 Å². The third-order valence-electron chi connectivity index (χ3n) is 2.18. The van der Waals surface area contributed by atoms with Crippen molar-refractivity contribution >= 4 is 11.6 Å². The lowest BCUT2D eigenvalue weighted by Crippen LogP contribution is -2.25. The van der Waals surface area contributed by atoms with Crippen LogP contribution in [0.2, 0.25) is 0 Å². The molecule has 0 saturated carbocycles. The SMILES string of the molecule is CN(C)Cc1ccc2c(c1)NC(=O)CO2. The number of fused-ring (bicyclic) bond motifs is 1. The van der Waals surface area contributed by atoms with Crippen molar-refractivity contribution in [3.63, 3.8) is 0 Å². The molecule has 0 fully saturated rings.